The zero-order chi connectivity index (χ0) is 14.4. The molecular formula is C14H18N2O3S. The third kappa shape index (κ3) is 3.72. The van der Waals surface area contributed by atoms with Crippen molar-refractivity contribution in [2.75, 3.05) is 18.9 Å². The topological polar surface area (TPSA) is 59.5 Å². The van der Waals surface area contributed by atoms with Crippen molar-refractivity contribution < 1.29 is 14.3 Å². The fourth-order valence-electron chi connectivity index (χ4n) is 2.13. The van der Waals surface area contributed by atoms with Crippen molar-refractivity contribution in [1.82, 2.24) is 9.88 Å². The highest BCUT2D eigenvalue weighted by Crippen LogP contribution is 2.38. The number of rotatable bonds is 6. The van der Waals surface area contributed by atoms with Gasteiger partial charge in [0.25, 0.3) is 0 Å². The number of ether oxygens (including phenoxy) is 1. The maximum absolute atomic E-state index is 11.9. The number of thioether (sulfide) groups is 1. The van der Waals surface area contributed by atoms with E-state index in [9.17, 15) is 9.59 Å². The molecule has 5 nitrogen and oxygen atoms in total. The Balaban J connectivity index is 1.91. The molecule has 1 aromatic heterocycles. The second-order valence-corrected chi connectivity index (χ2v) is 5.51. The van der Waals surface area contributed by atoms with Gasteiger partial charge < -0.3 is 9.64 Å². The van der Waals surface area contributed by atoms with E-state index in [0.717, 1.165) is 5.56 Å². The first-order valence-electron chi connectivity index (χ1n) is 6.69. The number of esters is 1. The Morgan fingerprint density at radius 3 is 2.95 bits per heavy atom. The van der Waals surface area contributed by atoms with Crippen LogP contribution in [0.1, 0.15) is 30.7 Å². The lowest BCUT2D eigenvalue weighted by atomic mass is 10.2. The first-order chi connectivity index (χ1) is 9.72. The third-order valence-corrected chi connectivity index (χ3v) is 4.30. The van der Waals surface area contributed by atoms with Crippen molar-refractivity contribution in [3.05, 3.63) is 30.1 Å². The van der Waals surface area contributed by atoms with Gasteiger partial charge in [-0.3, -0.25) is 14.6 Å². The highest BCUT2D eigenvalue weighted by Gasteiger charge is 2.32. The van der Waals surface area contributed by atoms with E-state index in [-0.39, 0.29) is 17.3 Å². The van der Waals surface area contributed by atoms with E-state index in [1.807, 2.05) is 17.0 Å². The van der Waals surface area contributed by atoms with E-state index in [2.05, 4.69) is 4.98 Å². The molecule has 6 heteroatoms. The largest absolute Gasteiger partial charge is 0.466 e. The summed E-state index contributed by atoms with van der Waals surface area (Å²) in [5, 5.41) is 0.0349. The number of pyridine rings is 1. The predicted octanol–water partition coefficient (Wildman–Crippen LogP) is 2.00. The van der Waals surface area contributed by atoms with Gasteiger partial charge in [0, 0.05) is 25.4 Å². The molecule has 2 rings (SSSR count). The molecule has 108 valence electrons. The maximum Gasteiger partial charge on any atom is 0.305 e. The summed E-state index contributed by atoms with van der Waals surface area (Å²) >= 11 is 1.61. The number of nitrogens with zero attached hydrogens (tertiary/aromatic N) is 2. The molecule has 0 aromatic carbocycles. The van der Waals surface area contributed by atoms with Gasteiger partial charge >= 0.3 is 5.97 Å². The zero-order valence-electron chi connectivity index (χ0n) is 11.4. The Morgan fingerprint density at radius 1 is 1.50 bits per heavy atom. The molecule has 0 N–H and O–H groups in total. The summed E-state index contributed by atoms with van der Waals surface area (Å²) in [4.78, 5) is 29.1. The number of hydrogen-bond acceptors (Lipinski definition) is 5. The van der Waals surface area contributed by atoms with E-state index in [1.165, 1.54) is 0 Å². The minimum Gasteiger partial charge on any atom is -0.466 e. The van der Waals surface area contributed by atoms with Crippen LogP contribution in [0, 0.1) is 0 Å². The van der Waals surface area contributed by atoms with Crippen molar-refractivity contribution in [3.63, 3.8) is 0 Å². The van der Waals surface area contributed by atoms with Gasteiger partial charge in [0.2, 0.25) is 5.91 Å². The molecule has 1 atom stereocenters. The molecule has 0 aliphatic carbocycles. The first-order valence-corrected chi connectivity index (χ1v) is 7.74. The molecule has 1 unspecified atom stereocenters. The Labute approximate surface area is 122 Å². The lowest BCUT2D eigenvalue weighted by Gasteiger charge is -2.23. The summed E-state index contributed by atoms with van der Waals surface area (Å²) < 4.78 is 4.89. The quantitative estimate of drug-likeness (QED) is 0.751. The number of carbonyl (C=O) groups excluding carboxylic acids is 2. The van der Waals surface area contributed by atoms with Crippen molar-refractivity contribution in [2.24, 2.45) is 0 Å². The molecule has 1 aliphatic rings. The molecule has 1 aromatic rings. The van der Waals surface area contributed by atoms with E-state index in [4.69, 9.17) is 4.74 Å². The number of carbonyl (C=O) groups is 2. The highest BCUT2D eigenvalue weighted by atomic mass is 32.2. The van der Waals surface area contributed by atoms with E-state index < -0.39 is 0 Å². The average molecular weight is 294 g/mol. The standard InChI is InChI=1S/C14H18N2O3S/c1-2-19-13(18)4-3-9-16-12(17)10-20-14(16)11-5-7-15-8-6-11/h5-8,14H,2-4,9-10H2,1H3. The van der Waals surface area contributed by atoms with Crippen LogP contribution in [0.15, 0.2) is 24.5 Å². The van der Waals surface area contributed by atoms with Crippen LogP contribution >= 0.6 is 11.8 Å². The van der Waals surface area contributed by atoms with Crippen LogP contribution in [0.2, 0.25) is 0 Å². The van der Waals surface area contributed by atoms with Crippen molar-refractivity contribution >= 4 is 23.6 Å². The second-order valence-electron chi connectivity index (χ2n) is 4.44. The molecule has 1 fully saturated rings. The van der Waals surface area contributed by atoms with Gasteiger partial charge in [0.1, 0.15) is 5.37 Å². The van der Waals surface area contributed by atoms with Crippen molar-refractivity contribution in [3.8, 4) is 0 Å². The Morgan fingerprint density at radius 2 is 2.25 bits per heavy atom. The van der Waals surface area contributed by atoms with Crippen LogP contribution in [0.5, 0.6) is 0 Å². The van der Waals surface area contributed by atoms with Gasteiger partial charge in [-0.05, 0) is 31.0 Å². The van der Waals surface area contributed by atoms with Crippen LogP contribution < -0.4 is 0 Å². The Hall–Kier alpha value is -1.56. The van der Waals surface area contributed by atoms with Crippen LogP contribution in [0.25, 0.3) is 0 Å². The zero-order valence-corrected chi connectivity index (χ0v) is 12.3. The van der Waals surface area contributed by atoms with E-state index in [0.29, 0.717) is 31.7 Å². The fraction of sp³-hybridized carbons (Fsp3) is 0.500. The van der Waals surface area contributed by atoms with Gasteiger partial charge in [-0.1, -0.05) is 0 Å². The Bertz CT molecular complexity index is 467. The van der Waals surface area contributed by atoms with Crippen molar-refractivity contribution in [1.29, 1.82) is 0 Å². The van der Waals surface area contributed by atoms with Gasteiger partial charge in [0.15, 0.2) is 0 Å². The first kappa shape index (κ1) is 14.8. The summed E-state index contributed by atoms with van der Waals surface area (Å²) in [5.74, 6) is 0.416. The van der Waals surface area contributed by atoms with Gasteiger partial charge in [-0.2, -0.15) is 0 Å². The lowest BCUT2D eigenvalue weighted by molar-refractivity contribution is -0.143. The van der Waals surface area contributed by atoms with E-state index >= 15 is 0 Å². The number of aromatic nitrogens is 1. The monoisotopic (exact) mass is 294 g/mol. The molecule has 20 heavy (non-hydrogen) atoms. The summed E-state index contributed by atoms with van der Waals surface area (Å²) in [5.41, 5.74) is 1.08. The summed E-state index contributed by atoms with van der Waals surface area (Å²) in [6, 6.07) is 3.85. The molecule has 1 amide bonds. The Kier molecular flexibility index (Phi) is 5.40. The van der Waals surface area contributed by atoms with Crippen LogP contribution in [-0.4, -0.2) is 40.7 Å². The van der Waals surface area contributed by atoms with Gasteiger partial charge in [-0.15, -0.1) is 11.8 Å². The van der Waals surface area contributed by atoms with Crippen LogP contribution in [0.4, 0.5) is 0 Å². The highest BCUT2D eigenvalue weighted by molar-refractivity contribution is 8.00. The molecule has 0 bridgehead atoms. The predicted molar refractivity (Wildman–Crippen MR) is 77.0 cm³/mol. The SMILES string of the molecule is CCOC(=O)CCCN1C(=O)CSC1c1ccncc1. The lowest BCUT2D eigenvalue weighted by Crippen LogP contribution is -2.29. The molecular weight excluding hydrogens is 276 g/mol. The summed E-state index contributed by atoms with van der Waals surface area (Å²) in [6.45, 7) is 2.77. The summed E-state index contributed by atoms with van der Waals surface area (Å²) in [7, 11) is 0. The van der Waals surface area contributed by atoms with Gasteiger partial charge in [0.05, 0.1) is 12.4 Å². The third-order valence-electron chi connectivity index (χ3n) is 3.04. The minimum atomic E-state index is -0.202. The molecule has 0 spiro atoms. The normalized spacial score (nSPS) is 18.4. The minimum absolute atomic E-state index is 0.0349. The molecule has 0 radical (unpaired) electrons. The smallest absolute Gasteiger partial charge is 0.305 e. The number of amides is 1. The average Bonchev–Trinajstić information content (AvgIpc) is 2.82. The van der Waals surface area contributed by atoms with Crippen LogP contribution in [-0.2, 0) is 14.3 Å². The van der Waals surface area contributed by atoms with Crippen molar-refractivity contribution in [2.45, 2.75) is 25.1 Å². The fourth-order valence-corrected chi connectivity index (χ4v) is 3.35. The van der Waals surface area contributed by atoms with E-state index in [1.54, 1.807) is 31.1 Å². The maximum atomic E-state index is 11.9. The van der Waals surface area contributed by atoms with Gasteiger partial charge in [-0.25, -0.2) is 0 Å². The molecule has 2 heterocycles. The second kappa shape index (κ2) is 7.28. The molecule has 1 aliphatic heterocycles. The number of hydrogen-bond donors (Lipinski definition) is 0. The van der Waals surface area contributed by atoms with Crippen LogP contribution in [0.3, 0.4) is 0 Å². The molecule has 0 saturated carbocycles. The molecule has 1 saturated heterocycles. The summed E-state index contributed by atoms with van der Waals surface area (Å²) in [6.07, 6.45) is 4.45.